The minimum absolute atomic E-state index is 0.0176. The lowest BCUT2D eigenvalue weighted by molar-refractivity contribution is -0.142. The predicted octanol–water partition coefficient (Wildman–Crippen LogP) is 5.76. The number of anilines is 1. The van der Waals surface area contributed by atoms with Gasteiger partial charge in [0.2, 0.25) is 5.88 Å². The van der Waals surface area contributed by atoms with E-state index in [1.165, 1.54) is 31.5 Å². The lowest BCUT2D eigenvalue weighted by atomic mass is 10.0. The standard InChI is InChI=1S/C25H18F3N3O4/c1-15(32)34-13-19-12-23(30-14-29-19)35-20-8-9-21-16(10-20)4-2-7-22(21)24(33)31-18-6-3-5-17(11-18)25(26,27)28/h2-12,14H,13H2,1H3,(H,31,33). The van der Waals surface area contributed by atoms with Crippen molar-refractivity contribution in [1.82, 2.24) is 9.97 Å². The van der Waals surface area contributed by atoms with Crippen LogP contribution in [0.5, 0.6) is 11.6 Å². The molecule has 0 bridgehead atoms. The number of hydrogen-bond acceptors (Lipinski definition) is 6. The summed E-state index contributed by atoms with van der Waals surface area (Å²) in [6, 6.07) is 16.0. The Morgan fingerprint density at radius 1 is 0.971 bits per heavy atom. The van der Waals surface area contributed by atoms with Crippen LogP contribution in [0.3, 0.4) is 0 Å². The second kappa shape index (κ2) is 9.80. The van der Waals surface area contributed by atoms with Crippen LogP contribution in [0, 0.1) is 0 Å². The fourth-order valence-electron chi connectivity index (χ4n) is 3.30. The second-order valence-corrected chi connectivity index (χ2v) is 7.45. The molecule has 3 aromatic carbocycles. The van der Waals surface area contributed by atoms with Gasteiger partial charge in [-0.1, -0.05) is 18.2 Å². The average Bonchev–Trinajstić information content (AvgIpc) is 2.82. The quantitative estimate of drug-likeness (QED) is 0.353. The highest BCUT2D eigenvalue weighted by Gasteiger charge is 2.30. The predicted molar refractivity (Wildman–Crippen MR) is 121 cm³/mol. The number of amides is 1. The largest absolute Gasteiger partial charge is 0.459 e. The van der Waals surface area contributed by atoms with Gasteiger partial charge in [0, 0.05) is 24.2 Å². The highest BCUT2D eigenvalue weighted by atomic mass is 19.4. The Morgan fingerprint density at radius 3 is 2.54 bits per heavy atom. The highest BCUT2D eigenvalue weighted by molar-refractivity contribution is 6.13. The monoisotopic (exact) mass is 481 g/mol. The number of rotatable bonds is 6. The first kappa shape index (κ1) is 23.7. The Labute approximate surface area is 197 Å². The van der Waals surface area contributed by atoms with Gasteiger partial charge in [-0.25, -0.2) is 9.97 Å². The molecule has 1 amide bonds. The first-order valence-corrected chi connectivity index (χ1v) is 10.3. The van der Waals surface area contributed by atoms with Crippen LogP contribution in [0.4, 0.5) is 18.9 Å². The number of hydrogen-bond donors (Lipinski definition) is 1. The van der Waals surface area contributed by atoms with Crippen LogP contribution in [0.2, 0.25) is 0 Å². The molecule has 0 saturated heterocycles. The van der Waals surface area contributed by atoms with Gasteiger partial charge in [-0.05, 0) is 53.2 Å². The van der Waals surface area contributed by atoms with Crippen LogP contribution in [-0.4, -0.2) is 21.8 Å². The molecule has 0 radical (unpaired) electrons. The first-order chi connectivity index (χ1) is 16.7. The lowest BCUT2D eigenvalue weighted by Gasteiger charge is -2.12. The molecule has 7 nitrogen and oxygen atoms in total. The van der Waals surface area contributed by atoms with Gasteiger partial charge >= 0.3 is 12.1 Å². The van der Waals surface area contributed by atoms with E-state index in [1.54, 1.807) is 36.4 Å². The maximum absolute atomic E-state index is 13.0. The number of aromatic nitrogens is 2. The van der Waals surface area contributed by atoms with E-state index in [4.69, 9.17) is 9.47 Å². The molecule has 10 heteroatoms. The molecule has 0 unspecified atom stereocenters. The number of carbonyl (C=O) groups excluding carboxylic acids is 2. The summed E-state index contributed by atoms with van der Waals surface area (Å²) in [5.41, 5.74) is -0.0671. The molecule has 0 spiro atoms. The van der Waals surface area contributed by atoms with Crippen molar-refractivity contribution in [3.8, 4) is 11.6 Å². The third kappa shape index (κ3) is 5.91. The number of benzene rings is 3. The summed E-state index contributed by atoms with van der Waals surface area (Å²) in [4.78, 5) is 31.9. The Balaban J connectivity index is 1.54. The van der Waals surface area contributed by atoms with Crippen molar-refractivity contribution >= 4 is 28.3 Å². The van der Waals surface area contributed by atoms with E-state index >= 15 is 0 Å². The molecule has 0 fully saturated rings. The fourth-order valence-corrected chi connectivity index (χ4v) is 3.30. The van der Waals surface area contributed by atoms with E-state index in [-0.39, 0.29) is 23.7 Å². The van der Waals surface area contributed by atoms with Gasteiger partial charge in [-0.15, -0.1) is 0 Å². The number of nitrogens with zero attached hydrogens (tertiary/aromatic N) is 2. The van der Waals surface area contributed by atoms with Crippen LogP contribution >= 0.6 is 0 Å². The summed E-state index contributed by atoms with van der Waals surface area (Å²) in [6.45, 7) is 1.28. The van der Waals surface area contributed by atoms with E-state index in [1.807, 2.05) is 0 Å². The Hall–Kier alpha value is -4.47. The number of esters is 1. The number of alkyl halides is 3. The minimum Gasteiger partial charge on any atom is -0.459 e. The zero-order chi connectivity index (χ0) is 25.0. The Morgan fingerprint density at radius 2 is 1.77 bits per heavy atom. The molecule has 1 aromatic heterocycles. The van der Waals surface area contributed by atoms with Crippen molar-refractivity contribution in [3.05, 3.63) is 89.9 Å². The van der Waals surface area contributed by atoms with Gasteiger partial charge in [0.25, 0.3) is 5.91 Å². The molecule has 1 heterocycles. The Kier molecular flexibility index (Phi) is 6.63. The maximum Gasteiger partial charge on any atom is 0.416 e. The summed E-state index contributed by atoms with van der Waals surface area (Å²) in [5.74, 6) is -0.312. The van der Waals surface area contributed by atoms with Crippen molar-refractivity contribution in [3.63, 3.8) is 0 Å². The van der Waals surface area contributed by atoms with Gasteiger partial charge < -0.3 is 14.8 Å². The Bertz CT molecular complexity index is 1410. The van der Waals surface area contributed by atoms with Gasteiger partial charge in [0.1, 0.15) is 18.7 Å². The third-order valence-electron chi connectivity index (χ3n) is 4.89. The van der Waals surface area contributed by atoms with Crippen molar-refractivity contribution in [2.24, 2.45) is 0 Å². The number of nitrogens with one attached hydrogen (secondary N) is 1. The summed E-state index contributed by atoms with van der Waals surface area (Å²) in [7, 11) is 0. The van der Waals surface area contributed by atoms with E-state index < -0.39 is 23.6 Å². The van der Waals surface area contributed by atoms with E-state index in [9.17, 15) is 22.8 Å². The average molecular weight is 481 g/mol. The number of carbonyl (C=O) groups is 2. The molecule has 0 aliphatic carbocycles. The summed E-state index contributed by atoms with van der Waals surface area (Å²) in [5, 5.41) is 3.78. The molecular formula is C25H18F3N3O4. The molecule has 0 atom stereocenters. The fraction of sp³-hybridized carbons (Fsp3) is 0.120. The summed E-state index contributed by atoms with van der Waals surface area (Å²) >= 11 is 0. The number of fused-ring (bicyclic) bond motifs is 1. The zero-order valence-electron chi connectivity index (χ0n) is 18.3. The van der Waals surface area contributed by atoms with E-state index in [2.05, 4.69) is 15.3 Å². The van der Waals surface area contributed by atoms with E-state index in [0.717, 1.165) is 12.1 Å². The van der Waals surface area contributed by atoms with Crippen LogP contribution in [0.25, 0.3) is 10.8 Å². The number of halogens is 3. The molecule has 0 aliphatic rings. The van der Waals surface area contributed by atoms with Gasteiger partial charge in [0.05, 0.1) is 11.3 Å². The van der Waals surface area contributed by atoms with Crippen LogP contribution in [0.1, 0.15) is 28.5 Å². The molecule has 4 rings (SSSR count). The SMILES string of the molecule is CC(=O)OCc1cc(Oc2ccc3c(C(=O)Nc4cccc(C(F)(F)F)c4)cccc3c2)ncn1. The first-order valence-electron chi connectivity index (χ1n) is 10.3. The van der Waals surface area contributed by atoms with Crippen molar-refractivity contribution in [1.29, 1.82) is 0 Å². The smallest absolute Gasteiger partial charge is 0.416 e. The van der Waals surface area contributed by atoms with Crippen molar-refractivity contribution in [2.45, 2.75) is 19.7 Å². The molecule has 4 aromatic rings. The van der Waals surface area contributed by atoms with E-state index in [0.29, 0.717) is 22.2 Å². The third-order valence-corrected chi connectivity index (χ3v) is 4.89. The van der Waals surface area contributed by atoms with Crippen LogP contribution < -0.4 is 10.1 Å². The van der Waals surface area contributed by atoms with Crippen molar-refractivity contribution in [2.75, 3.05) is 5.32 Å². The minimum atomic E-state index is -4.51. The van der Waals surface area contributed by atoms with Crippen LogP contribution in [0.15, 0.2) is 73.1 Å². The molecule has 0 aliphatic heterocycles. The molecule has 0 saturated carbocycles. The van der Waals surface area contributed by atoms with Crippen molar-refractivity contribution < 1.29 is 32.2 Å². The summed E-state index contributed by atoms with van der Waals surface area (Å²) in [6.07, 6.45) is -3.23. The highest BCUT2D eigenvalue weighted by Crippen LogP contribution is 2.31. The molecular weight excluding hydrogens is 463 g/mol. The zero-order valence-corrected chi connectivity index (χ0v) is 18.3. The van der Waals surface area contributed by atoms with Crippen LogP contribution in [-0.2, 0) is 22.3 Å². The topological polar surface area (TPSA) is 90.4 Å². The second-order valence-electron chi connectivity index (χ2n) is 7.45. The molecule has 35 heavy (non-hydrogen) atoms. The van der Waals surface area contributed by atoms with Gasteiger partial charge in [0.15, 0.2) is 0 Å². The number of ether oxygens (including phenoxy) is 2. The normalized spacial score (nSPS) is 11.2. The lowest BCUT2D eigenvalue weighted by Crippen LogP contribution is -2.13. The molecule has 178 valence electrons. The summed E-state index contributed by atoms with van der Waals surface area (Å²) < 4.78 is 49.6. The molecule has 1 N–H and O–H groups in total. The van der Waals surface area contributed by atoms with Gasteiger partial charge in [-0.2, -0.15) is 13.2 Å². The maximum atomic E-state index is 13.0. The van der Waals surface area contributed by atoms with Gasteiger partial charge in [-0.3, -0.25) is 9.59 Å².